The Kier molecular flexibility index (Phi) is 7.05. The number of rotatable bonds is 7. The second-order valence-electron chi connectivity index (χ2n) is 8.49. The fourth-order valence-electron chi connectivity index (χ4n) is 4.22. The van der Waals surface area contributed by atoms with Crippen LogP contribution in [-0.2, 0) is 23.0 Å². The quantitative estimate of drug-likeness (QED) is 0.318. The van der Waals surface area contributed by atoms with Gasteiger partial charge in [-0.3, -0.25) is 9.59 Å². The molecule has 1 atom stereocenters. The molecule has 188 valence electrons. The van der Waals surface area contributed by atoms with Gasteiger partial charge < -0.3 is 19.8 Å². The number of sulfonamides is 1. The number of aromatic nitrogens is 2. The Morgan fingerprint density at radius 1 is 1.19 bits per heavy atom. The third-order valence-electron chi connectivity index (χ3n) is 5.90. The van der Waals surface area contributed by atoms with Gasteiger partial charge >= 0.3 is 0 Å². The van der Waals surface area contributed by atoms with Crippen LogP contribution in [0.1, 0.15) is 28.5 Å². The van der Waals surface area contributed by atoms with Crippen LogP contribution in [0.15, 0.2) is 59.5 Å². The fraction of sp³-hybridized carbons (Fsp3) is 0.200. The molecule has 0 aliphatic rings. The fourth-order valence-corrected chi connectivity index (χ4v) is 4.83. The molecular weight excluding hydrogens is 504 g/mol. The van der Waals surface area contributed by atoms with Crippen molar-refractivity contribution in [2.75, 3.05) is 13.3 Å². The summed E-state index contributed by atoms with van der Waals surface area (Å²) in [5, 5.41) is 12.8. The number of hydroxylamine groups is 1. The molecular formula is C25H25ClN4O5S. The highest BCUT2D eigenvalue weighted by molar-refractivity contribution is 7.89. The molecule has 9 nitrogen and oxygen atoms in total. The number of halogens is 1. The van der Waals surface area contributed by atoms with E-state index >= 15 is 0 Å². The molecule has 0 saturated heterocycles. The van der Waals surface area contributed by atoms with Crippen LogP contribution in [-0.4, -0.2) is 37.2 Å². The van der Waals surface area contributed by atoms with Crippen molar-refractivity contribution in [3.8, 4) is 11.1 Å². The number of carbonyl (C=O) groups excluding carboxylic acids is 1. The van der Waals surface area contributed by atoms with Gasteiger partial charge in [-0.15, -0.1) is 0 Å². The van der Waals surface area contributed by atoms with E-state index < -0.39 is 21.5 Å². The van der Waals surface area contributed by atoms with Crippen LogP contribution in [0, 0.1) is 5.21 Å². The van der Waals surface area contributed by atoms with Crippen molar-refractivity contribution < 1.29 is 18.3 Å². The summed E-state index contributed by atoms with van der Waals surface area (Å²) in [5.41, 5.74) is 2.67. The minimum atomic E-state index is -3.92. The number of fused-ring (bicyclic) bond motifs is 1. The molecule has 4 aromatic rings. The SMILES string of the molecule is CCc1ccc2c(c1)c(-c1ccc[nH]c1=O)c(C(=O)NS(C)(=O)=O)n2Cc1cc([NH+](C)[O-])ccc1Cl. The second kappa shape index (κ2) is 9.90. The summed E-state index contributed by atoms with van der Waals surface area (Å²) in [4.78, 5) is 28.9. The van der Waals surface area contributed by atoms with E-state index in [9.17, 15) is 23.2 Å². The first-order chi connectivity index (χ1) is 17.0. The Balaban J connectivity index is 2.09. The molecule has 0 spiro atoms. The molecule has 0 radical (unpaired) electrons. The number of nitrogens with zero attached hydrogens (tertiary/aromatic N) is 1. The van der Waals surface area contributed by atoms with Gasteiger partial charge in [0.1, 0.15) is 11.4 Å². The highest BCUT2D eigenvalue weighted by atomic mass is 35.5. The first-order valence-corrected chi connectivity index (χ1v) is 13.4. The number of hydrogen-bond acceptors (Lipinski definition) is 5. The molecule has 36 heavy (non-hydrogen) atoms. The van der Waals surface area contributed by atoms with E-state index in [1.165, 1.54) is 13.2 Å². The predicted octanol–water partition coefficient (Wildman–Crippen LogP) is 2.59. The van der Waals surface area contributed by atoms with Crippen molar-refractivity contribution >= 4 is 44.1 Å². The second-order valence-corrected chi connectivity index (χ2v) is 10.6. The predicted molar refractivity (Wildman–Crippen MR) is 140 cm³/mol. The molecule has 1 unspecified atom stereocenters. The van der Waals surface area contributed by atoms with E-state index in [4.69, 9.17) is 11.6 Å². The Morgan fingerprint density at radius 3 is 2.58 bits per heavy atom. The maximum Gasteiger partial charge on any atom is 0.282 e. The summed E-state index contributed by atoms with van der Waals surface area (Å²) in [6, 6.07) is 13.7. The molecule has 2 heterocycles. The highest BCUT2D eigenvalue weighted by Gasteiger charge is 2.27. The minimum absolute atomic E-state index is 0.00956. The number of hydrogen-bond donors (Lipinski definition) is 3. The Bertz CT molecular complexity index is 1640. The number of benzene rings is 2. The Morgan fingerprint density at radius 2 is 1.94 bits per heavy atom. The number of aromatic amines is 1. The summed E-state index contributed by atoms with van der Waals surface area (Å²) in [5.74, 6) is -0.885. The van der Waals surface area contributed by atoms with Gasteiger partial charge in [0.15, 0.2) is 0 Å². The molecule has 2 aromatic heterocycles. The molecule has 11 heteroatoms. The van der Waals surface area contributed by atoms with Crippen molar-refractivity contribution in [3.05, 3.63) is 92.1 Å². The average Bonchev–Trinajstić information content (AvgIpc) is 3.12. The number of H-pyrrole nitrogens is 1. The van der Waals surface area contributed by atoms with Crippen molar-refractivity contribution in [3.63, 3.8) is 0 Å². The van der Waals surface area contributed by atoms with Crippen LogP contribution < -0.4 is 15.3 Å². The largest absolute Gasteiger partial charge is 0.629 e. The van der Waals surface area contributed by atoms with Crippen LogP contribution in [0.5, 0.6) is 0 Å². The van der Waals surface area contributed by atoms with E-state index in [0.717, 1.165) is 11.8 Å². The molecule has 0 bridgehead atoms. The summed E-state index contributed by atoms with van der Waals surface area (Å²) < 4.78 is 27.7. The normalized spacial score (nSPS) is 12.6. The molecule has 1 amide bonds. The zero-order chi connectivity index (χ0) is 26.2. The van der Waals surface area contributed by atoms with Crippen LogP contribution in [0.3, 0.4) is 0 Å². The van der Waals surface area contributed by atoms with E-state index in [-0.39, 0.29) is 22.9 Å². The van der Waals surface area contributed by atoms with Gasteiger partial charge in [-0.1, -0.05) is 24.6 Å². The van der Waals surface area contributed by atoms with Gasteiger partial charge in [0.25, 0.3) is 11.5 Å². The van der Waals surface area contributed by atoms with Crippen LogP contribution in [0.2, 0.25) is 5.02 Å². The topological polar surface area (TPSA) is 129 Å². The first-order valence-electron chi connectivity index (χ1n) is 11.1. The summed E-state index contributed by atoms with van der Waals surface area (Å²) in [6.07, 6.45) is 3.07. The van der Waals surface area contributed by atoms with Gasteiger partial charge in [0.2, 0.25) is 10.0 Å². The van der Waals surface area contributed by atoms with E-state index in [1.807, 2.05) is 29.8 Å². The maximum atomic E-state index is 13.5. The van der Waals surface area contributed by atoms with Gasteiger partial charge in [-0.05, 0) is 47.9 Å². The smallest absolute Gasteiger partial charge is 0.282 e. The lowest BCUT2D eigenvalue weighted by Gasteiger charge is -2.18. The zero-order valence-electron chi connectivity index (χ0n) is 19.9. The number of pyridine rings is 1. The van der Waals surface area contributed by atoms with Gasteiger partial charge in [0.05, 0.1) is 19.8 Å². The third kappa shape index (κ3) is 5.07. The number of aryl methyl sites for hydroxylation is 1. The van der Waals surface area contributed by atoms with Crippen molar-refractivity contribution in [1.82, 2.24) is 14.3 Å². The number of quaternary nitrogens is 1. The van der Waals surface area contributed by atoms with Crippen LogP contribution in [0.25, 0.3) is 22.0 Å². The Labute approximate surface area is 213 Å². The van der Waals surface area contributed by atoms with E-state index in [0.29, 0.717) is 39.2 Å². The average molecular weight is 529 g/mol. The number of nitrogens with one attached hydrogen (secondary N) is 3. The summed E-state index contributed by atoms with van der Waals surface area (Å²) in [6.45, 7) is 2.04. The molecule has 0 aliphatic carbocycles. The minimum Gasteiger partial charge on any atom is -0.629 e. The number of carbonyl (C=O) groups is 1. The molecule has 4 rings (SSSR count). The molecule has 3 N–H and O–H groups in total. The standard InChI is InChI=1S/C25H25ClN4O5S/c1-4-15-7-10-21-19(12-15)22(18-6-5-11-27-24(18)31)23(25(32)28-36(3,34)35)30(21)14-16-13-17(29(2)33)8-9-20(16)26/h5-13,29H,4,14H2,1-3H3,(H,27,31)(H,28,32). The molecule has 0 fully saturated rings. The highest BCUT2D eigenvalue weighted by Crippen LogP contribution is 2.36. The van der Waals surface area contributed by atoms with Crippen LogP contribution in [0.4, 0.5) is 5.69 Å². The van der Waals surface area contributed by atoms with Gasteiger partial charge in [0, 0.05) is 45.4 Å². The monoisotopic (exact) mass is 528 g/mol. The summed E-state index contributed by atoms with van der Waals surface area (Å²) in [7, 11) is -2.48. The molecule has 2 aromatic carbocycles. The third-order valence-corrected chi connectivity index (χ3v) is 6.82. The van der Waals surface area contributed by atoms with Crippen molar-refractivity contribution in [2.24, 2.45) is 0 Å². The van der Waals surface area contributed by atoms with Crippen molar-refractivity contribution in [1.29, 1.82) is 0 Å². The van der Waals surface area contributed by atoms with Crippen LogP contribution >= 0.6 is 11.6 Å². The van der Waals surface area contributed by atoms with Gasteiger partial charge in [-0.2, -0.15) is 0 Å². The molecule has 0 saturated carbocycles. The lowest BCUT2D eigenvalue weighted by atomic mass is 10.0. The van der Waals surface area contributed by atoms with Crippen molar-refractivity contribution in [2.45, 2.75) is 19.9 Å². The molecule has 0 aliphatic heterocycles. The van der Waals surface area contributed by atoms with E-state index in [1.54, 1.807) is 34.9 Å². The maximum absolute atomic E-state index is 13.5. The Hall–Kier alpha value is -3.44. The first kappa shape index (κ1) is 25.6. The summed E-state index contributed by atoms with van der Waals surface area (Å²) >= 11 is 6.46. The lowest BCUT2D eigenvalue weighted by Crippen LogP contribution is -2.98. The zero-order valence-corrected chi connectivity index (χ0v) is 21.5. The number of amides is 1. The van der Waals surface area contributed by atoms with E-state index in [2.05, 4.69) is 4.98 Å². The lowest BCUT2D eigenvalue weighted by molar-refractivity contribution is -0.751. The van der Waals surface area contributed by atoms with Gasteiger partial charge in [-0.25, -0.2) is 13.1 Å².